The van der Waals surface area contributed by atoms with Crippen LogP contribution in [0.3, 0.4) is 0 Å². The number of amides is 1. The van der Waals surface area contributed by atoms with Gasteiger partial charge in [-0.1, -0.05) is 18.2 Å². The number of benzene rings is 1. The molecule has 27 heavy (non-hydrogen) atoms. The second kappa shape index (κ2) is 6.15. The normalized spacial score (nSPS) is 13.9. The topological polar surface area (TPSA) is 89.6 Å². The minimum atomic E-state index is -0.434. The number of carbonyl (C=O) groups is 1. The Morgan fingerprint density at radius 3 is 2.70 bits per heavy atom. The number of likely N-dealkylation sites (N-methyl/N-ethyl adjacent to an activating group) is 1. The van der Waals surface area contributed by atoms with Crippen molar-refractivity contribution in [1.82, 2.24) is 19.2 Å². The maximum atomic E-state index is 13.1. The smallest absolute Gasteiger partial charge is 0.280 e. The maximum Gasteiger partial charge on any atom is 0.280 e. The summed E-state index contributed by atoms with van der Waals surface area (Å²) in [6.45, 7) is 3.00. The number of aryl methyl sites for hydroxylation is 1. The fourth-order valence-corrected chi connectivity index (χ4v) is 3.66. The number of ether oxygens (including phenoxy) is 1. The first-order chi connectivity index (χ1) is 12.9. The van der Waals surface area contributed by atoms with E-state index in [9.17, 15) is 14.7 Å². The summed E-state index contributed by atoms with van der Waals surface area (Å²) in [5, 5.41) is 15.3. The van der Waals surface area contributed by atoms with Gasteiger partial charge in [0.2, 0.25) is 0 Å². The van der Waals surface area contributed by atoms with Gasteiger partial charge in [-0.25, -0.2) is 4.68 Å². The van der Waals surface area contributed by atoms with Gasteiger partial charge < -0.3 is 19.3 Å². The van der Waals surface area contributed by atoms with E-state index in [0.717, 1.165) is 5.56 Å². The summed E-state index contributed by atoms with van der Waals surface area (Å²) in [5.74, 6) is 0.0806. The lowest BCUT2D eigenvalue weighted by molar-refractivity contribution is 0.0747. The number of hydrogen-bond acceptors (Lipinski definition) is 5. The van der Waals surface area contributed by atoms with Gasteiger partial charge in [0, 0.05) is 25.7 Å². The molecule has 140 valence electrons. The van der Waals surface area contributed by atoms with Crippen LogP contribution in [0.1, 0.15) is 21.7 Å². The molecule has 0 aliphatic carbocycles. The maximum absolute atomic E-state index is 13.1. The van der Waals surface area contributed by atoms with E-state index in [2.05, 4.69) is 5.10 Å². The zero-order valence-electron chi connectivity index (χ0n) is 15.4. The Hall–Kier alpha value is -3.29. The van der Waals surface area contributed by atoms with Crippen molar-refractivity contribution in [2.24, 2.45) is 0 Å². The van der Waals surface area contributed by atoms with Gasteiger partial charge in [-0.05, 0) is 13.0 Å². The van der Waals surface area contributed by atoms with E-state index in [1.165, 1.54) is 9.58 Å². The van der Waals surface area contributed by atoms with Gasteiger partial charge in [-0.2, -0.15) is 5.10 Å². The number of aromatic hydroxyl groups is 1. The Labute approximate surface area is 155 Å². The number of methoxy groups -OCH3 is 1. The quantitative estimate of drug-likeness (QED) is 0.754. The van der Waals surface area contributed by atoms with Gasteiger partial charge in [-0.15, -0.1) is 0 Å². The number of nitrogens with zero attached hydrogens (tertiary/aromatic N) is 4. The molecule has 1 aliphatic rings. The van der Waals surface area contributed by atoms with E-state index in [4.69, 9.17) is 4.74 Å². The Kier molecular flexibility index (Phi) is 3.91. The third-order valence-electron chi connectivity index (χ3n) is 5.02. The van der Waals surface area contributed by atoms with Crippen LogP contribution in [0.5, 0.6) is 11.5 Å². The molecule has 0 saturated heterocycles. The van der Waals surface area contributed by atoms with E-state index in [-0.39, 0.29) is 29.3 Å². The van der Waals surface area contributed by atoms with Crippen molar-refractivity contribution in [3.8, 4) is 11.5 Å². The van der Waals surface area contributed by atoms with Crippen LogP contribution in [0.2, 0.25) is 0 Å². The second-order valence-electron chi connectivity index (χ2n) is 6.66. The summed E-state index contributed by atoms with van der Waals surface area (Å²) < 4.78 is 8.34. The van der Waals surface area contributed by atoms with Crippen LogP contribution in [0.15, 0.2) is 29.1 Å². The number of rotatable bonds is 3. The van der Waals surface area contributed by atoms with E-state index >= 15 is 0 Å². The molecule has 1 amide bonds. The molecular weight excluding hydrogens is 348 g/mol. The van der Waals surface area contributed by atoms with E-state index in [1.807, 2.05) is 24.3 Å². The van der Waals surface area contributed by atoms with Crippen LogP contribution in [-0.2, 0) is 13.1 Å². The van der Waals surface area contributed by atoms with Crippen molar-refractivity contribution in [2.45, 2.75) is 20.0 Å². The van der Waals surface area contributed by atoms with Gasteiger partial charge in [0.25, 0.3) is 11.5 Å². The first-order valence-electron chi connectivity index (χ1n) is 8.64. The van der Waals surface area contributed by atoms with Crippen molar-refractivity contribution in [1.29, 1.82) is 0 Å². The summed E-state index contributed by atoms with van der Waals surface area (Å²) in [7, 11) is 3.24. The Morgan fingerprint density at radius 1 is 1.22 bits per heavy atom. The number of carbonyl (C=O) groups excluding carboxylic acids is 1. The molecule has 0 bridgehead atoms. The molecule has 4 rings (SSSR count). The van der Waals surface area contributed by atoms with Crippen LogP contribution in [0, 0.1) is 6.92 Å². The molecule has 1 aliphatic heterocycles. The van der Waals surface area contributed by atoms with Gasteiger partial charge in [0.15, 0.2) is 11.4 Å². The van der Waals surface area contributed by atoms with Crippen molar-refractivity contribution in [3.63, 3.8) is 0 Å². The SMILES string of the molecule is COc1ccccc1Cn1nc(C)c2c(c(O)c3n2CCN(C)C3=O)c1=O. The molecule has 2 aromatic heterocycles. The van der Waals surface area contributed by atoms with Crippen LogP contribution < -0.4 is 10.3 Å². The van der Waals surface area contributed by atoms with Gasteiger partial charge in [0.1, 0.15) is 11.1 Å². The lowest BCUT2D eigenvalue weighted by atomic mass is 10.2. The molecule has 3 aromatic rings. The largest absolute Gasteiger partial charge is 0.505 e. The first-order valence-corrected chi connectivity index (χ1v) is 8.64. The molecule has 1 aromatic carbocycles. The highest BCUT2D eigenvalue weighted by Gasteiger charge is 2.31. The average Bonchev–Trinajstić information content (AvgIpc) is 2.97. The van der Waals surface area contributed by atoms with Crippen LogP contribution in [-0.4, -0.2) is 51.0 Å². The summed E-state index contributed by atoms with van der Waals surface area (Å²) >= 11 is 0. The molecular formula is C19H20N4O4. The summed E-state index contributed by atoms with van der Waals surface area (Å²) in [6, 6.07) is 7.38. The van der Waals surface area contributed by atoms with Crippen molar-refractivity contribution in [3.05, 3.63) is 51.6 Å². The molecule has 1 N–H and O–H groups in total. The minimum absolute atomic E-state index is 0.135. The summed E-state index contributed by atoms with van der Waals surface area (Å²) in [5.41, 5.74) is 1.61. The highest BCUT2D eigenvalue weighted by Crippen LogP contribution is 2.33. The summed E-state index contributed by atoms with van der Waals surface area (Å²) in [4.78, 5) is 27.1. The highest BCUT2D eigenvalue weighted by molar-refractivity contribution is 6.04. The number of aromatic nitrogens is 3. The summed E-state index contributed by atoms with van der Waals surface area (Å²) in [6.07, 6.45) is 0. The Bertz CT molecular complexity index is 1130. The third kappa shape index (κ3) is 2.48. The lowest BCUT2D eigenvalue weighted by Crippen LogP contribution is -2.37. The van der Waals surface area contributed by atoms with E-state index in [1.54, 1.807) is 25.6 Å². The van der Waals surface area contributed by atoms with Crippen LogP contribution >= 0.6 is 0 Å². The molecule has 0 fully saturated rings. The minimum Gasteiger partial charge on any atom is -0.505 e. The monoisotopic (exact) mass is 368 g/mol. The van der Waals surface area contributed by atoms with Crippen LogP contribution in [0.4, 0.5) is 0 Å². The van der Waals surface area contributed by atoms with Crippen molar-refractivity contribution >= 4 is 16.8 Å². The number of hydrogen-bond donors (Lipinski definition) is 1. The predicted octanol–water partition coefficient (Wildman–Crippen LogP) is 1.35. The van der Waals surface area contributed by atoms with E-state index < -0.39 is 5.56 Å². The Balaban J connectivity index is 1.93. The first kappa shape index (κ1) is 17.1. The Morgan fingerprint density at radius 2 is 1.96 bits per heavy atom. The standard InChI is InChI=1S/C19H20N4O4/c1-11-15-14(17(24)16-19(26)21(2)8-9-22(15)16)18(25)23(20-11)10-12-6-4-5-7-13(12)27-3/h4-7,24H,8-10H2,1-3H3. The zero-order valence-corrected chi connectivity index (χ0v) is 15.4. The zero-order chi connectivity index (χ0) is 19.3. The fraction of sp³-hybridized carbons (Fsp3) is 0.316. The number of para-hydroxylation sites is 1. The van der Waals surface area contributed by atoms with Gasteiger partial charge in [-0.3, -0.25) is 9.59 Å². The average molecular weight is 368 g/mol. The molecule has 0 spiro atoms. The van der Waals surface area contributed by atoms with Crippen molar-refractivity contribution < 1.29 is 14.6 Å². The van der Waals surface area contributed by atoms with E-state index in [0.29, 0.717) is 30.0 Å². The molecule has 0 saturated carbocycles. The van der Waals surface area contributed by atoms with Gasteiger partial charge in [0.05, 0.1) is 24.9 Å². The molecule has 0 atom stereocenters. The molecule has 3 heterocycles. The highest BCUT2D eigenvalue weighted by atomic mass is 16.5. The second-order valence-corrected chi connectivity index (χ2v) is 6.66. The predicted molar refractivity (Wildman–Crippen MR) is 99.5 cm³/mol. The molecule has 8 heteroatoms. The van der Waals surface area contributed by atoms with Crippen LogP contribution in [0.25, 0.3) is 10.9 Å². The fourth-order valence-electron chi connectivity index (χ4n) is 3.66. The molecule has 0 radical (unpaired) electrons. The van der Waals surface area contributed by atoms with Gasteiger partial charge >= 0.3 is 0 Å². The van der Waals surface area contributed by atoms with Crippen molar-refractivity contribution in [2.75, 3.05) is 20.7 Å². The third-order valence-corrected chi connectivity index (χ3v) is 5.02. The molecule has 8 nitrogen and oxygen atoms in total. The lowest BCUT2D eigenvalue weighted by Gasteiger charge is -2.25. The number of fused-ring (bicyclic) bond motifs is 3. The molecule has 0 unspecified atom stereocenters.